The number of carboxylic acid groups (broad SMARTS) is 1. The van der Waals surface area contributed by atoms with Gasteiger partial charge in [0.15, 0.2) is 0 Å². The Morgan fingerprint density at radius 1 is 1.42 bits per heavy atom. The molecule has 2 N–H and O–H groups in total. The zero-order chi connectivity index (χ0) is 14.4. The molecule has 0 aliphatic carbocycles. The van der Waals surface area contributed by atoms with Crippen molar-refractivity contribution in [3.05, 3.63) is 46.0 Å². The highest BCUT2D eigenvalue weighted by Gasteiger charge is 2.13. The topological polar surface area (TPSA) is 110 Å². The lowest BCUT2D eigenvalue weighted by Gasteiger charge is -2.05. The van der Waals surface area contributed by atoms with E-state index < -0.39 is 22.8 Å². The minimum Gasteiger partial charge on any atom is -0.480 e. The third kappa shape index (κ3) is 4.23. The van der Waals surface area contributed by atoms with Gasteiger partial charge in [-0.15, -0.1) is 0 Å². The van der Waals surface area contributed by atoms with Gasteiger partial charge >= 0.3 is 5.97 Å². The Morgan fingerprint density at radius 2 is 2.05 bits per heavy atom. The van der Waals surface area contributed by atoms with Crippen LogP contribution in [0.3, 0.4) is 0 Å². The number of amides is 1. The van der Waals surface area contributed by atoms with Crippen LogP contribution in [0.1, 0.15) is 12.5 Å². The molecule has 1 rings (SSSR count). The maximum absolute atomic E-state index is 11.4. The highest BCUT2D eigenvalue weighted by atomic mass is 16.6. The van der Waals surface area contributed by atoms with Gasteiger partial charge in [0.25, 0.3) is 5.69 Å². The van der Waals surface area contributed by atoms with Crippen LogP contribution < -0.4 is 5.32 Å². The summed E-state index contributed by atoms with van der Waals surface area (Å²) < 4.78 is 0. The molecular formula is C12H12N2O5. The highest BCUT2D eigenvalue weighted by Crippen LogP contribution is 2.18. The quantitative estimate of drug-likeness (QED) is 0.471. The van der Waals surface area contributed by atoms with Crippen LogP contribution in [0.25, 0.3) is 6.08 Å². The van der Waals surface area contributed by atoms with Crippen molar-refractivity contribution in [3.8, 4) is 0 Å². The third-order valence-corrected chi connectivity index (χ3v) is 2.28. The molecule has 7 nitrogen and oxygen atoms in total. The van der Waals surface area contributed by atoms with Crippen molar-refractivity contribution in [1.29, 1.82) is 0 Å². The summed E-state index contributed by atoms with van der Waals surface area (Å²) in [5.41, 5.74) is 0.142. The Labute approximate surface area is 108 Å². The van der Waals surface area contributed by atoms with Crippen molar-refractivity contribution in [3.63, 3.8) is 0 Å². The Balaban J connectivity index is 2.79. The van der Waals surface area contributed by atoms with Crippen LogP contribution in [-0.2, 0) is 9.59 Å². The van der Waals surface area contributed by atoms with E-state index in [1.54, 1.807) is 6.07 Å². The van der Waals surface area contributed by atoms with Gasteiger partial charge in [-0.2, -0.15) is 0 Å². The predicted molar refractivity (Wildman–Crippen MR) is 67.4 cm³/mol. The molecule has 0 fully saturated rings. The first-order valence-electron chi connectivity index (χ1n) is 5.36. The molecule has 0 bridgehead atoms. The van der Waals surface area contributed by atoms with E-state index in [-0.39, 0.29) is 11.3 Å². The predicted octanol–water partition coefficient (Wildman–Crippen LogP) is 1.20. The van der Waals surface area contributed by atoms with E-state index in [9.17, 15) is 19.7 Å². The first kappa shape index (κ1) is 14.4. The number of rotatable bonds is 5. The molecule has 0 unspecified atom stereocenters. The molecule has 1 aromatic carbocycles. The van der Waals surface area contributed by atoms with Crippen molar-refractivity contribution >= 4 is 23.6 Å². The van der Waals surface area contributed by atoms with E-state index in [4.69, 9.17) is 5.11 Å². The maximum atomic E-state index is 11.4. The lowest BCUT2D eigenvalue weighted by atomic mass is 10.1. The van der Waals surface area contributed by atoms with Gasteiger partial charge in [0, 0.05) is 12.1 Å². The van der Waals surface area contributed by atoms with Crippen LogP contribution in [0.5, 0.6) is 0 Å². The Bertz CT molecular complexity index is 539. The molecule has 7 heteroatoms. The smallest absolute Gasteiger partial charge is 0.325 e. The fraction of sp³-hybridized carbons (Fsp3) is 0.167. The molecule has 19 heavy (non-hydrogen) atoms. The summed E-state index contributed by atoms with van der Waals surface area (Å²) in [6, 6.07) is 4.90. The Kier molecular flexibility index (Phi) is 4.76. The lowest BCUT2D eigenvalue weighted by Crippen LogP contribution is -2.37. The van der Waals surface area contributed by atoms with Crippen LogP contribution in [0.15, 0.2) is 30.3 Å². The average Bonchev–Trinajstić information content (AvgIpc) is 2.36. The second-order valence-corrected chi connectivity index (χ2v) is 3.72. The van der Waals surface area contributed by atoms with E-state index in [0.29, 0.717) is 0 Å². The first-order valence-corrected chi connectivity index (χ1v) is 5.36. The molecule has 0 aliphatic rings. The number of nitrogens with zero attached hydrogens (tertiary/aromatic N) is 1. The largest absolute Gasteiger partial charge is 0.480 e. The summed E-state index contributed by atoms with van der Waals surface area (Å²) in [5, 5.41) is 21.5. The standard InChI is InChI=1S/C12H12N2O5/c1-8(12(16)17)13-11(15)7-6-9-4-2-3-5-10(9)14(18)19/h2-8H,1H3,(H,13,15)(H,16,17)/b7-6+/t8-/m0/s1. The first-order chi connectivity index (χ1) is 8.91. The number of nitro benzene ring substituents is 1. The summed E-state index contributed by atoms with van der Waals surface area (Å²) in [4.78, 5) is 32.1. The lowest BCUT2D eigenvalue weighted by molar-refractivity contribution is -0.385. The maximum Gasteiger partial charge on any atom is 0.325 e. The van der Waals surface area contributed by atoms with Crippen molar-refractivity contribution in [2.45, 2.75) is 13.0 Å². The molecule has 0 heterocycles. The number of para-hydroxylation sites is 1. The van der Waals surface area contributed by atoms with Crippen LogP contribution in [-0.4, -0.2) is 27.9 Å². The monoisotopic (exact) mass is 264 g/mol. The third-order valence-electron chi connectivity index (χ3n) is 2.28. The van der Waals surface area contributed by atoms with Gasteiger partial charge in [-0.25, -0.2) is 0 Å². The van der Waals surface area contributed by atoms with E-state index in [0.717, 1.165) is 6.08 Å². The fourth-order valence-corrected chi connectivity index (χ4v) is 1.28. The molecule has 0 radical (unpaired) electrons. The van der Waals surface area contributed by atoms with E-state index >= 15 is 0 Å². The molecular weight excluding hydrogens is 252 g/mol. The number of benzene rings is 1. The zero-order valence-electron chi connectivity index (χ0n) is 10.1. The van der Waals surface area contributed by atoms with E-state index in [1.807, 2.05) is 0 Å². The van der Waals surface area contributed by atoms with Crippen molar-refractivity contribution in [1.82, 2.24) is 5.32 Å². The molecule has 0 spiro atoms. The molecule has 0 aliphatic heterocycles. The second kappa shape index (κ2) is 6.29. The number of nitrogens with one attached hydrogen (secondary N) is 1. The Morgan fingerprint density at radius 3 is 2.63 bits per heavy atom. The highest BCUT2D eigenvalue weighted by molar-refractivity contribution is 5.94. The van der Waals surface area contributed by atoms with Crippen molar-refractivity contribution < 1.29 is 19.6 Å². The summed E-state index contributed by atoms with van der Waals surface area (Å²) in [7, 11) is 0. The van der Waals surface area contributed by atoms with Gasteiger partial charge in [0.05, 0.1) is 10.5 Å². The summed E-state index contributed by atoms with van der Waals surface area (Å²) in [5.74, 6) is -1.79. The van der Waals surface area contributed by atoms with Crippen LogP contribution in [0.4, 0.5) is 5.69 Å². The number of carbonyl (C=O) groups excluding carboxylic acids is 1. The number of carbonyl (C=O) groups is 2. The van der Waals surface area contributed by atoms with E-state index in [2.05, 4.69) is 5.32 Å². The molecule has 100 valence electrons. The van der Waals surface area contributed by atoms with Crippen LogP contribution in [0, 0.1) is 10.1 Å². The van der Waals surface area contributed by atoms with Crippen molar-refractivity contribution in [2.75, 3.05) is 0 Å². The van der Waals surface area contributed by atoms with Gasteiger partial charge in [-0.05, 0) is 19.1 Å². The number of hydrogen-bond acceptors (Lipinski definition) is 4. The van der Waals surface area contributed by atoms with Crippen molar-refractivity contribution in [2.24, 2.45) is 0 Å². The Hall–Kier alpha value is -2.70. The van der Waals surface area contributed by atoms with Gasteiger partial charge in [-0.1, -0.05) is 12.1 Å². The van der Waals surface area contributed by atoms with Gasteiger partial charge in [-0.3, -0.25) is 19.7 Å². The van der Waals surface area contributed by atoms with E-state index in [1.165, 1.54) is 31.2 Å². The van der Waals surface area contributed by atoms with Crippen LogP contribution >= 0.6 is 0 Å². The summed E-state index contributed by atoms with van der Waals surface area (Å²) in [6.07, 6.45) is 2.32. The summed E-state index contributed by atoms with van der Waals surface area (Å²) in [6.45, 7) is 1.32. The minimum atomic E-state index is -1.16. The molecule has 0 saturated carbocycles. The SMILES string of the molecule is C[C@H](NC(=O)/C=C/c1ccccc1[N+](=O)[O-])C(=O)O. The van der Waals surface area contributed by atoms with Gasteiger partial charge in [0.2, 0.25) is 5.91 Å². The second-order valence-electron chi connectivity index (χ2n) is 3.72. The average molecular weight is 264 g/mol. The number of hydrogen-bond donors (Lipinski definition) is 2. The minimum absolute atomic E-state index is 0.127. The number of carboxylic acids is 1. The molecule has 0 saturated heterocycles. The molecule has 1 atom stereocenters. The summed E-state index contributed by atoms with van der Waals surface area (Å²) >= 11 is 0. The molecule has 0 aromatic heterocycles. The fourth-order valence-electron chi connectivity index (χ4n) is 1.28. The van der Waals surface area contributed by atoms with Crippen LogP contribution in [0.2, 0.25) is 0 Å². The number of aliphatic carboxylic acids is 1. The number of nitro groups is 1. The normalized spacial score (nSPS) is 12.1. The molecule has 1 amide bonds. The zero-order valence-corrected chi connectivity index (χ0v) is 10.1. The molecule has 1 aromatic rings. The van der Waals surface area contributed by atoms with Gasteiger partial charge in [0.1, 0.15) is 6.04 Å². The van der Waals surface area contributed by atoms with Gasteiger partial charge < -0.3 is 10.4 Å².